The van der Waals surface area contributed by atoms with Gasteiger partial charge in [-0.1, -0.05) is 0 Å². The van der Waals surface area contributed by atoms with Crippen LogP contribution in [0.4, 0.5) is 0 Å². The van der Waals surface area contributed by atoms with E-state index in [0.717, 1.165) is 0 Å². The summed E-state index contributed by atoms with van der Waals surface area (Å²) in [6.07, 6.45) is 0. The van der Waals surface area contributed by atoms with Crippen molar-refractivity contribution in [2.45, 2.75) is 0 Å². The third-order valence-electron chi connectivity index (χ3n) is 0. The molecule has 2 heteroatoms. The van der Waals surface area contributed by atoms with Crippen molar-refractivity contribution in [2.75, 3.05) is 0 Å². The van der Waals surface area contributed by atoms with E-state index in [4.69, 9.17) is 3.83 Å². The van der Waals surface area contributed by atoms with Gasteiger partial charge in [-0.25, -0.2) is 0 Å². The zero-order valence-corrected chi connectivity index (χ0v) is 4.87. The van der Waals surface area contributed by atoms with Crippen molar-refractivity contribution in [1.29, 1.82) is 0 Å². The maximum absolute atomic E-state index is 8.00. The Balaban J connectivity index is -0.00000000167. The van der Waals surface area contributed by atoms with Gasteiger partial charge in [-0.15, -0.1) is 0 Å². The minimum absolute atomic E-state index is 0. The Bertz CT molecular complexity index is 6.85. The van der Waals surface area contributed by atoms with Crippen molar-refractivity contribution in [3.8, 4) is 0 Å². The Hall–Kier alpha value is 0.319. The van der Waals surface area contributed by atoms with Crippen LogP contribution in [0.5, 0.6) is 0 Å². The molecule has 1 nitrogen and oxygen atoms in total. The predicted octanol–water partition coefficient (Wildman–Crippen LogP) is 1.23. The van der Waals surface area contributed by atoms with Crippen molar-refractivity contribution in [3.63, 3.8) is 0 Å². The molecule has 0 aromatic heterocycles. The average Bonchev–Trinajstić information content (AvgIpc) is 1.00. The second-order valence-electron chi connectivity index (χ2n) is 0. The Morgan fingerprint density at radius 1 is 0.800 bits per heavy atom. The first-order chi connectivity index (χ1) is 1.00. The zero-order valence-electron chi connectivity index (χ0n) is 3.76. The molecule has 5 heavy (non-hydrogen) atoms. The molecule has 0 rings (SSSR count). The molecule has 0 saturated carbocycles. The summed E-state index contributed by atoms with van der Waals surface area (Å²) < 4.78 is 8.00. The molecule has 0 aromatic carbocycles. The van der Waals surface area contributed by atoms with Crippen LogP contribution < -0.4 is 0 Å². The van der Waals surface area contributed by atoms with E-state index in [1.807, 2.05) is 15.9 Å². The van der Waals surface area contributed by atoms with Crippen LogP contribution in [0.2, 0.25) is 0 Å². The topological polar surface area (TPSA) is 17.1 Å². The maximum atomic E-state index is 8.00. The third kappa shape index (κ3) is 228. The van der Waals surface area contributed by atoms with Gasteiger partial charge < -0.3 is 22.3 Å². The SMILES string of the molecule is [CH3-].[CH3-].[CH3-].[O]=[Fe]. The van der Waals surface area contributed by atoms with Gasteiger partial charge in [0.15, 0.2) is 0 Å². The fourth-order valence-corrected chi connectivity index (χ4v) is 0. The fraction of sp³-hybridized carbons (Fsp3) is 0. The average molecular weight is 117 g/mol. The van der Waals surface area contributed by atoms with Gasteiger partial charge in [0.1, 0.15) is 0 Å². The summed E-state index contributed by atoms with van der Waals surface area (Å²) in [5.41, 5.74) is 0. The van der Waals surface area contributed by atoms with E-state index in [1.54, 1.807) is 0 Å². The van der Waals surface area contributed by atoms with Crippen molar-refractivity contribution in [2.24, 2.45) is 0 Å². The van der Waals surface area contributed by atoms with Gasteiger partial charge in [0.2, 0.25) is 0 Å². The Morgan fingerprint density at radius 2 is 0.800 bits per heavy atom. The molecule has 0 saturated heterocycles. The first-order valence-electron chi connectivity index (χ1n) is 0.144. The molecule has 0 spiro atoms. The quantitative estimate of drug-likeness (QED) is 0.344. The van der Waals surface area contributed by atoms with Gasteiger partial charge in [-0.05, 0) is 0 Å². The summed E-state index contributed by atoms with van der Waals surface area (Å²) >= 11 is 2.00. The van der Waals surface area contributed by atoms with Gasteiger partial charge in [0.25, 0.3) is 0 Å². The van der Waals surface area contributed by atoms with Gasteiger partial charge in [0.05, 0.1) is 0 Å². The van der Waals surface area contributed by atoms with Crippen LogP contribution in [0, 0.1) is 22.3 Å². The molecule has 0 aliphatic heterocycles. The standard InChI is InChI=1S/3CH3.Fe.O/h3*1H3;;/q3*-1;;. The van der Waals surface area contributed by atoms with Crippen molar-refractivity contribution in [3.05, 3.63) is 22.3 Å². The zero-order chi connectivity index (χ0) is 2.00. The predicted molar refractivity (Wildman–Crippen MR) is 19.9 cm³/mol. The summed E-state index contributed by atoms with van der Waals surface area (Å²) in [6.45, 7) is 0. The van der Waals surface area contributed by atoms with Crippen LogP contribution in [0.15, 0.2) is 0 Å². The summed E-state index contributed by atoms with van der Waals surface area (Å²) in [5, 5.41) is 0. The number of rotatable bonds is 0. The van der Waals surface area contributed by atoms with Crippen molar-refractivity contribution >= 4 is 0 Å². The van der Waals surface area contributed by atoms with E-state index in [-0.39, 0.29) is 22.3 Å². The van der Waals surface area contributed by atoms with Crippen LogP contribution in [0.25, 0.3) is 0 Å². The minimum atomic E-state index is 0. The second kappa shape index (κ2) is 466. The van der Waals surface area contributed by atoms with Crippen LogP contribution in [-0.2, 0) is 19.8 Å². The Labute approximate surface area is 42.8 Å². The van der Waals surface area contributed by atoms with E-state index in [1.165, 1.54) is 0 Å². The second-order valence-corrected chi connectivity index (χ2v) is 0. The summed E-state index contributed by atoms with van der Waals surface area (Å²) in [4.78, 5) is 0. The van der Waals surface area contributed by atoms with Crippen LogP contribution in [0.3, 0.4) is 0 Å². The molecule has 0 N–H and O–H groups in total. The van der Waals surface area contributed by atoms with Crippen LogP contribution in [-0.4, -0.2) is 0 Å². The van der Waals surface area contributed by atoms with Gasteiger partial charge in [-0.3, -0.25) is 0 Å². The van der Waals surface area contributed by atoms with Gasteiger partial charge >= 0.3 is 19.8 Å². The van der Waals surface area contributed by atoms with E-state index in [2.05, 4.69) is 0 Å². The summed E-state index contributed by atoms with van der Waals surface area (Å²) in [6, 6.07) is 0. The summed E-state index contributed by atoms with van der Waals surface area (Å²) in [5.74, 6) is 0. The third-order valence-corrected chi connectivity index (χ3v) is 0. The summed E-state index contributed by atoms with van der Waals surface area (Å²) in [7, 11) is 0. The molecule has 0 fully saturated rings. The number of hydrogen-bond acceptors (Lipinski definition) is 1. The van der Waals surface area contributed by atoms with Crippen LogP contribution >= 0.6 is 0 Å². The molecular weight excluding hydrogens is 108 g/mol. The molecular formula is C3H9FeO-3. The molecule has 0 aliphatic carbocycles. The van der Waals surface area contributed by atoms with Gasteiger partial charge in [-0.2, -0.15) is 0 Å². The molecule has 0 bridgehead atoms. The van der Waals surface area contributed by atoms with E-state index in [0.29, 0.717) is 0 Å². The van der Waals surface area contributed by atoms with Gasteiger partial charge in [0, 0.05) is 0 Å². The van der Waals surface area contributed by atoms with Crippen LogP contribution in [0.1, 0.15) is 0 Å². The molecule has 38 valence electrons. The fourth-order valence-electron chi connectivity index (χ4n) is 0. The molecule has 0 heterocycles. The Morgan fingerprint density at radius 3 is 0.800 bits per heavy atom. The first-order valence-corrected chi connectivity index (χ1v) is 0.595. The molecule has 0 aromatic rings. The number of hydrogen-bond donors (Lipinski definition) is 0. The van der Waals surface area contributed by atoms with E-state index >= 15 is 0 Å². The monoisotopic (exact) mass is 117 g/mol. The molecule has 0 amide bonds. The Kier molecular flexibility index (Phi) is 5320. The molecule has 0 unspecified atom stereocenters. The first kappa shape index (κ1) is 57.0. The normalized spacial score (nSPS) is 1.00. The van der Waals surface area contributed by atoms with E-state index in [9.17, 15) is 0 Å². The van der Waals surface area contributed by atoms with Crippen molar-refractivity contribution < 1.29 is 19.8 Å². The molecule has 0 aliphatic rings. The van der Waals surface area contributed by atoms with Crippen molar-refractivity contribution in [1.82, 2.24) is 0 Å². The molecule has 0 atom stereocenters. The van der Waals surface area contributed by atoms with E-state index < -0.39 is 0 Å². The molecule has 0 radical (unpaired) electrons.